The van der Waals surface area contributed by atoms with Gasteiger partial charge < -0.3 is 9.80 Å². The summed E-state index contributed by atoms with van der Waals surface area (Å²) >= 11 is 0. The minimum atomic E-state index is -0.159. The summed E-state index contributed by atoms with van der Waals surface area (Å²) in [5.74, 6) is 0.195. The van der Waals surface area contributed by atoms with E-state index in [-0.39, 0.29) is 17.9 Å². The zero-order valence-corrected chi connectivity index (χ0v) is 16.7. The van der Waals surface area contributed by atoms with Crippen molar-refractivity contribution in [2.24, 2.45) is 0 Å². The number of hydrogen-bond donors (Lipinski definition) is 0. The Hall–Kier alpha value is -2.62. The second-order valence-corrected chi connectivity index (χ2v) is 8.12. The highest BCUT2D eigenvalue weighted by Crippen LogP contribution is 2.35. The zero-order chi connectivity index (χ0) is 19.7. The molecule has 0 radical (unpaired) electrons. The van der Waals surface area contributed by atoms with Crippen molar-refractivity contribution in [1.82, 2.24) is 9.80 Å². The van der Waals surface area contributed by atoms with Crippen molar-refractivity contribution in [2.75, 3.05) is 6.54 Å². The first-order chi connectivity index (χ1) is 13.5. The molecule has 2 aromatic rings. The summed E-state index contributed by atoms with van der Waals surface area (Å²) in [6, 6.07) is 16.8. The lowest BCUT2D eigenvalue weighted by molar-refractivity contribution is -0.137. The molecule has 1 unspecified atom stereocenters. The Labute approximate surface area is 167 Å². The lowest BCUT2D eigenvalue weighted by Crippen LogP contribution is -2.42. The summed E-state index contributed by atoms with van der Waals surface area (Å²) in [5, 5.41) is 0. The van der Waals surface area contributed by atoms with Crippen LogP contribution in [0.5, 0.6) is 0 Å². The molecule has 4 nitrogen and oxygen atoms in total. The molecule has 1 saturated carbocycles. The maximum Gasteiger partial charge on any atom is 0.225 e. The van der Waals surface area contributed by atoms with Crippen LogP contribution in [0.4, 0.5) is 0 Å². The molecule has 2 aromatic carbocycles. The quantitative estimate of drug-likeness (QED) is 0.791. The van der Waals surface area contributed by atoms with Crippen LogP contribution in [-0.2, 0) is 22.6 Å². The molecular weight excluding hydrogens is 348 g/mol. The molecule has 4 rings (SSSR count). The van der Waals surface area contributed by atoms with Gasteiger partial charge in [0, 0.05) is 26.1 Å². The SMILES string of the molecule is CC(=O)N1CCc2ccccc2C1CC(=O)N(Cc1cccc(C)c1)C1CC1. The molecule has 0 N–H and O–H groups in total. The number of nitrogens with zero attached hydrogens (tertiary/aromatic N) is 2. The average molecular weight is 377 g/mol. The Morgan fingerprint density at radius 1 is 1.11 bits per heavy atom. The number of rotatable bonds is 5. The van der Waals surface area contributed by atoms with Gasteiger partial charge in [-0.3, -0.25) is 9.59 Å². The third-order valence-electron chi connectivity index (χ3n) is 5.93. The van der Waals surface area contributed by atoms with Gasteiger partial charge in [0.15, 0.2) is 0 Å². The Morgan fingerprint density at radius 2 is 1.89 bits per heavy atom. The van der Waals surface area contributed by atoms with E-state index in [1.54, 1.807) is 6.92 Å². The number of amides is 2. The summed E-state index contributed by atoms with van der Waals surface area (Å²) < 4.78 is 0. The van der Waals surface area contributed by atoms with E-state index in [1.807, 2.05) is 21.9 Å². The van der Waals surface area contributed by atoms with E-state index in [2.05, 4.69) is 43.3 Å². The molecule has 28 heavy (non-hydrogen) atoms. The number of aryl methyl sites for hydroxylation is 1. The molecule has 0 saturated heterocycles. The zero-order valence-electron chi connectivity index (χ0n) is 16.7. The third kappa shape index (κ3) is 3.96. The van der Waals surface area contributed by atoms with Crippen LogP contribution < -0.4 is 0 Å². The fourth-order valence-electron chi connectivity index (χ4n) is 4.35. The first-order valence-corrected chi connectivity index (χ1v) is 10.2. The largest absolute Gasteiger partial charge is 0.335 e. The molecular formula is C24H28N2O2. The van der Waals surface area contributed by atoms with E-state index < -0.39 is 0 Å². The fraction of sp³-hybridized carbons (Fsp3) is 0.417. The Balaban J connectivity index is 1.56. The van der Waals surface area contributed by atoms with Crippen LogP contribution in [0.25, 0.3) is 0 Å². The molecule has 1 aliphatic heterocycles. The minimum Gasteiger partial charge on any atom is -0.335 e. The number of benzene rings is 2. The molecule has 0 spiro atoms. The fourth-order valence-corrected chi connectivity index (χ4v) is 4.35. The second-order valence-electron chi connectivity index (χ2n) is 8.12. The molecule has 2 amide bonds. The van der Waals surface area contributed by atoms with Crippen LogP contribution in [0.3, 0.4) is 0 Å². The third-order valence-corrected chi connectivity index (χ3v) is 5.93. The maximum absolute atomic E-state index is 13.3. The van der Waals surface area contributed by atoms with Gasteiger partial charge in [-0.1, -0.05) is 54.1 Å². The van der Waals surface area contributed by atoms with E-state index in [1.165, 1.54) is 16.7 Å². The normalized spacial score (nSPS) is 18.5. The van der Waals surface area contributed by atoms with Crippen molar-refractivity contribution >= 4 is 11.8 Å². The maximum atomic E-state index is 13.3. The van der Waals surface area contributed by atoms with Crippen LogP contribution in [0, 0.1) is 6.92 Å². The van der Waals surface area contributed by atoms with Gasteiger partial charge in [0.2, 0.25) is 11.8 Å². The summed E-state index contributed by atoms with van der Waals surface area (Å²) in [7, 11) is 0. The van der Waals surface area contributed by atoms with Crippen LogP contribution >= 0.6 is 0 Å². The van der Waals surface area contributed by atoms with Crippen molar-refractivity contribution in [3.05, 3.63) is 70.8 Å². The van der Waals surface area contributed by atoms with Crippen LogP contribution in [0.2, 0.25) is 0 Å². The molecule has 1 atom stereocenters. The van der Waals surface area contributed by atoms with Gasteiger partial charge in [0.1, 0.15) is 0 Å². The molecule has 146 valence electrons. The number of fused-ring (bicyclic) bond motifs is 1. The summed E-state index contributed by atoms with van der Waals surface area (Å²) in [4.78, 5) is 29.5. The predicted molar refractivity (Wildman–Crippen MR) is 110 cm³/mol. The number of hydrogen-bond acceptors (Lipinski definition) is 2. The lowest BCUT2D eigenvalue weighted by atomic mass is 9.90. The predicted octanol–water partition coefficient (Wildman–Crippen LogP) is 4.02. The van der Waals surface area contributed by atoms with E-state index in [4.69, 9.17) is 0 Å². The standard InChI is InChI=1S/C24H28N2O2/c1-17-6-5-7-19(14-17)16-26(21-10-11-21)24(28)15-23-22-9-4-3-8-20(22)12-13-25(23)18(2)27/h3-9,14,21,23H,10-13,15-16H2,1-2H3. The first-order valence-electron chi connectivity index (χ1n) is 10.2. The second kappa shape index (κ2) is 7.78. The van der Waals surface area contributed by atoms with E-state index in [0.717, 1.165) is 24.8 Å². The van der Waals surface area contributed by atoms with Crippen LogP contribution in [-0.4, -0.2) is 34.2 Å². The number of carbonyl (C=O) groups excluding carboxylic acids is 2. The Morgan fingerprint density at radius 3 is 2.61 bits per heavy atom. The topological polar surface area (TPSA) is 40.6 Å². The highest BCUT2D eigenvalue weighted by Gasteiger charge is 2.36. The molecule has 1 fully saturated rings. The molecule has 1 aliphatic carbocycles. The molecule has 2 aliphatic rings. The first kappa shape index (κ1) is 18.7. The van der Waals surface area contributed by atoms with Crippen molar-refractivity contribution in [1.29, 1.82) is 0 Å². The van der Waals surface area contributed by atoms with E-state index in [0.29, 0.717) is 25.6 Å². The van der Waals surface area contributed by atoms with Gasteiger partial charge in [0.25, 0.3) is 0 Å². The summed E-state index contributed by atoms with van der Waals surface area (Å²) in [5.41, 5.74) is 4.77. The van der Waals surface area contributed by atoms with E-state index >= 15 is 0 Å². The van der Waals surface area contributed by atoms with Gasteiger partial charge >= 0.3 is 0 Å². The molecule has 0 aromatic heterocycles. The average Bonchev–Trinajstić information content (AvgIpc) is 3.51. The van der Waals surface area contributed by atoms with Crippen molar-refractivity contribution in [2.45, 2.75) is 58.2 Å². The molecule has 1 heterocycles. The Bertz CT molecular complexity index is 888. The molecule has 4 heteroatoms. The summed E-state index contributed by atoms with van der Waals surface area (Å²) in [6.45, 7) is 5.03. The van der Waals surface area contributed by atoms with Gasteiger partial charge in [-0.05, 0) is 42.9 Å². The smallest absolute Gasteiger partial charge is 0.225 e. The summed E-state index contributed by atoms with van der Waals surface area (Å²) in [6.07, 6.45) is 3.37. The minimum absolute atomic E-state index is 0.0453. The number of carbonyl (C=O) groups is 2. The van der Waals surface area contributed by atoms with Crippen LogP contribution in [0.1, 0.15) is 54.5 Å². The van der Waals surface area contributed by atoms with Gasteiger partial charge in [0.05, 0.1) is 12.5 Å². The van der Waals surface area contributed by atoms with Crippen LogP contribution in [0.15, 0.2) is 48.5 Å². The lowest BCUT2D eigenvalue weighted by Gasteiger charge is -2.37. The van der Waals surface area contributed by atoms with Gasteiger partial charge in [-0.15, -0.1) is 0 Å². The van der Waals surface area contributed by atoms with E-state index in [9.17, 15) is 9.59 Å². The highest BCUT2D eigenvalue weighted by atomic mass is 16.2. The Kier molecular flexibility index (Phi) is 5.21. The molecule has 0 bridgehead atoms. The van der Waals surface area contributed by atoms with Gasteiger partial charge in [-0.2, -0.15) is 0 Å². The van der Waals surface area contributed by atoms with Crippen molar-refractivity contribution in [3.8, 4) is 0 Å². The highest BCUT2D eigenvalue weighted by molar-refractivity contribution is 5.80. The van der Waals surface area contributed by atoms with Gasteiger partial charge in [-0.25, -0.2) is 0 Å². The monoisotopic (exact) mass is 376 g/mol. The van der Waals surface area contributed by atoms with Crippen molar-refractivity contribution < 1.29 is 9.59 Å². The van der Waals surface area contributed by atoms with Crippen molar-refractivity contribution in [3.63, 3.8) is 0 Å².